The molecule has 8 rings (SSSR count). The lowest BCUT2D eigenvalue weighted by atomic mass is 9.79. The van der Waals surface area contributed by atoms with Crippen LogP contribution in [0, 0.1) is 23.5 Å². The minimum Gasteiger partial charge on any atom is -0.462 e. The number of alkyl halides is 2. The van der Waals surface area contributed by atoms with Crippen LogP contribution in [0.1, 0.15) is 88.2 Å². The molecule has 2 nitrogen and oxygen atoms in total. The van der Waals surface area contributed by atoms with Crippen molar-refractivity contribution in [3.8, 4) is 22.6 Å². The molecule has 6 heteroatoms. The summed E-state index contributed by atoms with van der Waals surface area (Å²) in [5.74, 6) is 3.64. The highest BCUT2D eigenvalue weighted by molar-refractivity contribution is 6.09. The van der Waals surface area contributed by atoms with E-state index in [1.807, 2.05) is 84.9 Å². The molecule has 2 fully saturated rings. The van der Waals surface area contributed by atoms with Gasteiger partial charge in [0.2, 0.25) is 13.7 Å². The molecule has 0 radical (unpaired) electrons. The van der Waals surface area contributed by atoms with Gasteiger partial charge in [-0.25, -0.2) is 17.6 Å². The van der Waals surface area contributed by atoms with E-state index in [0.29, 0.717) is 34.5 Å². The Kier molecular flexibility index (Phi) is 13.6. The third-order valence-corrected chi connectivity index (χ3v) is 11.2. The van der Waals surface area contributed by atoms with Gasteiger partial charge in [-0.05, 0) is 118 Å². The highest BCUT2D eigenvalue weighted by Gasteiger charge is 2.21. The fraction of sp³-hybridized carbons (Fsp3) is 0.333. The van der Waals surface area contributed by atoms with E-state index in [4.69, 9.17) is 9.47 Å². The summed E-state index contributed by atoms with van der Waals surface area (Å²) in [5, 5.41) is 3.73. The molecule has 0 amide bonds. The molecule has 6 aromatic rings. The largest absolute Gasteiger partial charge is 0.462 e. The van der Waals surface area contributed by atoms with Crippen LogP contribution in [0.25, 0.3) is 32.7 Å². The van der Waals surface area contributed by atoms with Crippen molar-refractivity contribution < 1.29 is 27.0 Å². The zero-order valence-electron chi connectivity index (χ0n) is 31.3. The Balaban J connectivity index is 0.000000151. The van der Waals surface area contributed by atoms with E-state index in [1.165, 1.54) is 62.5 Å². The lowest BCUT2D eigenvalue weighted by Gasteiger charge is -2.26. The summed E-state index contributed by atoms with van der Waals surface area (Å²) in [5.41, 5.74) is 4.03. The Bertz CT molecular complexity index is 1910. The van der Waals surface area contributed by atoms with Gasteiger partial charge in [0.25, 0.3) is 0 Å². The smallest absolute Gasteiger partial charge is 0.228 e. The van der Waals surface area contributed by atoms with Crippen LogP contribution in [0.3, 0.4) is 0 Å². The highest BCUT2D eigenvalue weighted by atomic mass is 19.1. The quantitative estimate of drug-likeness (QED) is 0.152. The average molecular weight is 735 g/mol. The predicted octanol–water partition coefficient (Wildman–Crippen LogP) is 14.5. The van der Waals surface area contributed by atoms with Crippen LogP contribution >= 0.6 is 0 Å². The van der Waals surface area contributed by atoms with E-state index in [9.17, 15) is 17.6 Å². The van der Waals surface area contributed by atoms with Crippen molar-refractivity contribution >= 4 is 21.5 Å². The van der Waals surface area contributed by atoms with Crippen LogP contribution in [0.2, 0.25) is 0 Å². The van der Waals surface area contributed by atoms with Gasteiger partial charge in [-0.15, -0.1) is 0 Å². The summed E-state index contributed by atoms with van der Waals surface area (Å²) < 4.78 is 62.0. The van der Waals surface area contributed by atoms with E-state index in [1.54, 1.807) is 36.4 Å². The van der Waals surface area contributed by atoms with Gasteiger partial charge in [-0.3, -0.25) is 0 Å². The van der Waals surface area contributed by atoms with Crippen molar-refractivity contribution in [3.05, 3.63) is 144 Å². The van der Waals surface area contributed by atoms with Crippen molar-refractivity contribution in [3.63, 3.8) is 0 Å². The Morgan fingerprint density at radius 1 is 0.444 bits per heavy atom. The lowest BCUT2D eigenvalue weighted by molar-refractivity contribution is 0.190. The van der Waals surface area contributed by atoms with Gasteiger partial charge in [0.05, 0.1) is 0 Å². The highest BCUT2D eigenvalue weighted by Crippen LogP contribution is 2.45. The molecule has 282 valence electrons. The van der Waals surface area contributed by atoms with Gasteiger partial charge in [-0.1, -0.05) is 124 Å². The molecular formula is C48H50F4O2. The summed E-state index contributed by atoms with van der Waals surface area (Å²) in [6.45, 7) is 2.74. The number of fused-ring (bicyclic) bond motifs is 2. The molecular weight excluding hydrogens is 685 g/mol. The SMILES string of the molecule is CC1CCC(c2ccc(F)cc2)CC1.CC1CCC(c2ccc(F)cc2)CC1.FCOc1ccc2ccccc2c1-c1c(OCF)ccc2ccccc12. The van der Waals surface area contributed by atoms with Gasteiger partial charge < -0.3 is 9.47 Å². The number of benzene rings is 6. The van der Waals surface area contributed by atoms with Gasteiger partial charge in [0.15, 0.2) is 0 Å². The first-order valence-electron chi connectivity index (χ1n) is 19.3. The Morgan fingerprint density at radius 3 is 1.15 bits per heavy atom. The fourth-order valence-corrected chi connectivity index (χ4v) is 8.03. The Morgan fingerprint density at radius 2 is 0.796 bits per heavy atom. The van der Waals surface area contributed by atoms with Crippen molar-refractivity contribution in [1.82, 2.24) is 0 Å². The third-order valence-electron chi connectivity index (χ3n) is 11.2. The lowest BCUT2D eigenvalue weighted by Crippen LogP contribution is -2.10. The van der Waals surface area contributed by atoms with E-state index in [0.717, 1.165) is 33.4 Å². The van der Waals surface area contributed by atoms with Crippen LogP contribution in [0.5, 0.6) is 11.5 Å². The normalized spacial score (nSPS) is 19.6. The van der Waals surface area contributed by atoms with Crippen molar-refractivity contribution in [2.24, 2.45) is 11.8 Å². The van der Waals surface area contributed by atoms with E-state index in [-0.39, 0.29) is 11.6 Å². The van der Waals surface area contributed by atoms with E-state index < -0.39 is 13.7 Å². The maximum Gasteiger partial charge on any atom is 0.228 e. The zero-order chi connectivity index (χ0) is 37.9. The maximum absolute atomic E-state index is 13.0. The number of hydrogen-bond donors (Lipinski definition) is 0. The third kappa shape index (κ3) is 9.82. The first-order chi connectivity index (χ1) is 26.3. The van der Waals surface area contributed by atoms with Crippen LogP contribution in [-0.4, -0.2) is 13.7 Å². The average Bonchev–Trinajstić information content (AvgIpc) is 3.20. The first kappa shape index (κ1) is 38.9. The molecule has 0 atom stereocenters. The zero-order valence-corrected chi connectivity index (χ0v) is 31.3. The summed E-state index contributed by atoms with van der Waals surface area (Å²) in [4.78, 5) is 0. The second-order valence-corrected chi connectivity index (χ2v) is 14.8. The van der Waals surface area contributed by atoms with Gasteiger partial charge in [0.1, 0.15) is 23.1 Å². The molecule has 0 saturated heterocycles. The molecule has 2 aliphatic rings. The molecule has 0 aromatic heterocycles. The monoisotopic (exact) mass is 734 g/mol. The van der Waals surface area contributed by atoms with Gasteiger partial charge in [0, 0.05) is 11.1 Å². The van der Waals surface area contributed by atoms with Gasteiger partial charge >= 0.3 is 0 Å². The minimum absolute atomic E-state index is 0.127. The standard InChI is InChI=1S/C22H16F2O2.2C13H17F/c23-13-25-19-11-9-15-5-1-3-7-17(15)21(19)22-18-8-4-2-6-16(18)10-12-20(22)26-14-24;2*1-10-2-4-11(5-3-10)12-6-8-13(14)9-7-12/h1-12H,13-14H2;2*6-11H,2-5H2,1H3. The van der Waals surface area contributed by atoms with Gasteiger partial charge in [-0.2, -0.15) is 0 Å². The molecule has 0 unspecified atom stereocenters. The number of rotatable bonds is 7. The fourth-order valence-electron chi connectivity index (χ4n) is 8.03. The second kappa shape index (κ2) is 19.0. The maximum atomic E-state index is 13.0. The number of ether oxygens (including phenoxy) is 2. The second-order valence-electron chi connectivity index (χ2n) is 14.8. The number of hydrogen-bond acceptors (Lipinski definition) is 2. The number of halogens is 4. The molecule has 0 heterocycles. The van der Waals surface area contributed by atoms with Crippen LogP contribution in [-0.2, 0) is 0 Å². The summed E-state index contributed by atoms with van der Waals surface area (Å²) in [6.07, 6.45) is 10.4. The molecule has 0 aliphatic heterocycles. The Hall–Kier alpha value is -4.84. The molecule has 2 saturated carbocycles. The van der Waals surface area contributed by atoms with Crippen LogP contribution < -0.4 is 9.47 Å². The molecule has 6 aromatic carbocycles. The molecule has 0 bridgehead atoms. The molecule has 54 heavy (non-hydrogen) atoms. The van der Waals surface area contributed by atoms with E-state index >= 15 is 0 Å². The van der Waals surface area contributed by atoms with Crippen molar-refractivity contribution in [2.45, 2.75) is 77.0 Å². The topological polar surface area (TPSA) is 18.5 Å². The molecule has 2 aliphatic carbocycles. The minimum atomic E-state index is -0.949. The Labute approximate surface area is 317 Å². The summed E-state index contributed by atoms with van der Waals surface area (Å²) >= 11 is 0. The summed E-state index contributed by atoms with van der Waals surface area (Å²) in [7, 11) is 0. The first-order valence-corrected chi connectivity index (χ1v) is 19.3. The van der Waals surface area contributed by atoms with Crippen molar-refractivity contribution in [1.29, 1.82) is 0 Å². The molecule has 0 spiro atoms. The van der Waals surface area contributed by atoms with Crippen LogP contribution in [0.4, 0.5) is 17.6 Å². The molecule has 0 N–H and O–H groups in total. The van der Waals surface area contributed by atoms with E-state index in [2.05, 4.69) is 13.8 Å². The van der Waals surface area contributed by atoms with Crippen LogP contribution in [0.15, 0.2) is 121 Å². The summed E-state index contributed by atoms with van der Waals surface area (Å²) in [6, 6.07) is 36.8. The predicted molar refractivity (Wildman–Crippen MR) is 214 cm³/mol. The van der Waals surface area contributed by atoms with Crippen molar-refractivity contribution in [2.75, 3.05) is 13.7 Å².